The number of esters is 1. The lowest BCUT2D eigenvalue weighted by molar-refractivity contribution is -0.143. The van der Waals surface area contributed by atoms with Crippen molar-refractivity contribution in [3.8, 4) is 11.5 Å². The zero-order chi connectivity index (χ0) is 22.3. The van der Waals surface area contributed by atoms with Crippen LogP contribution in [0, 0.1) is 5.92 Å². The highest BCUT2D eigenvalue weighted by atomic mass is 32.2. The molecule has 1 N–H and O–H groups in total. The first-order valence-electron chi connectivity index (χ1n) is 9.14. The molecule has 1 saturated heterocycles. The standard InChI is InChI=1S/C20H24N2O7S/c1-12(2)9-21-17(23)10-22-19(25)16(30-20(22)26)8-13-5-6-14(15(7-13)27-3)29-11-18(24)28-4/h5-8,12H,9-11H2,1-4H3,(H,21,23)/b16-8-. The highest BCUT2D eigenvalue weighted by Crippen LogP contribution is 2.34. The van der Waals surface area contributed by atoms with Crippen molar-refractivity contribution in [3.05, 3.63) is 28.7 Å². The van der Waals surface area contributed by atoms with Crippen LogP contribution in [0.2, 0.25) is 0 Å². The van der Waals surface area contributed by atoms with E-state index in [9.17, 15) is 19.2 Å². The Hall–Kier alpha value is -3.01. The molecule has 1 aliphatic rings. The fourth-order valence-corrected chi connectivity index (χ4v) is 3.23. The summed E-state index contributed by atoms with van der Waals surface area (Å²) >= 11 is 0.763. The number of hydrogen-bond donors (Lipinski definition) is 1. The maximum Gasteiger partial charge on any atom is 0.343 e. The first-order chi connectivity index (χ1) is 14.2. The average molecular weight is 436 g/mol. The molecule has 9 nitrogen and oxygen atoms in total. The smallest absolute Gasteiger partial charge is 0.343 e. The lowest BCUT2D eigenvalue weighted by Crippen LogP contribution is -2.40. The Balaban J connectivity index is 2.10. The van der Waals surface area contributed by atoms with Crippen LogP contribution in [0.5, 0.6) is 11.5 Å². The monoisotopic (exact) mass is 436 g/mol. The van der Waals surface area contributed by atoms with Crippen LogP contribution < -0.4 is 14.8 Å². The predicted molar refractivity (Wildman–Crippen MR) is 111 cm³/mol. The van der Waals surface area contributed by atoms with Gasteiger partial charge < -0.3 is 19.5 Å². The second-order valence-electron chi connectivity index (χ2n) is 6.74. The van der Waals surface area contributed by atoms with Crippen LogP contribution in [0.25, 0.3) is 6.08 Å². The molecular formula is C20H24N2O7S. The van der Waals surface area contributed by atoms with E-state index in [1.54, 1.807) is 18.2 Å². The summed E-state index contributed by atoms with van der Waals surface area (Å²) in [7, 11) is 2.70. The second-order valence-corrected chi connectivity index (χ2v) is 7.73. The van der Waals surface area contributed by atoms with E-state index in [1.165, 1.54) is 20.3 Å². The summed E-state index contributed by atoms with van der Waals surface area (Å²) in [6, 6.07) is 4.84. The molecule has 1 aliphatic heterocycles. The quantitative estimate of drug-likeness (QED) is 0.463. The Morgan fingerprint density at radius 1 is 1.20 bits per heavy atom. The van der Waals surface area contributed by atoms with E-state index in [0.29, 0.717) is 23.6 Å². The number of thioether (sulfide) groups is 1. The fourth-order valence-electron chi connectivity index (χ4n) is 2.39. The van der Waals surface area contributed by atoms with E-state index < -0.39 is 17.1 Å². The Morgan fingerprint density at radius 3 is 2.57 bits per heavy atom. The van der Waals surface area contributed by atoms with Gasteiger partial charge in [-0.3, -0.25) is 19.3 Å². The Morgan fingerprint density at radius 2 is 1.93 bits per heavy atom. The molecule has 0 bridgehead atoms. The topological polar surface area (TPSA) is 111 Å². The Labute approximate surface area is 178 Å². The maximum atomic E-state index is 12.6. The molecule has 0 unspecified atom stereocenters. The molecule has 0 saturated carbocycles. The lowest BCUT2D eigenvalue weighted by atomic mass is 10.2. The molecule has 1 fully saturated rings. The molecule has 1 heterocycles. The summed E-state index contributed by atoms with van der Waals surface area (Å²) in [5, 5.41) is 2.18. The number of carbonyl (C=O) groups excluding carboxylic acids is 4. The number of methoxy groups -OCH3 is 2. The first kappa shape index (κ1) is 23.3. The highest BCUT2D eigenvalue weighted by molar-refractivity contribution is 8.18. The predicted octanol–water partition coefficient (Wildman–Crippen LogP) is 2.06. The van der Waals surface area contributed by atoms with E-state index in [4.69, 9.17) is 9.47 Å². The van der Waals surface area contributed by atoms with Crippen molar-refractivity contribution >= 4 is 40.9 Å². The van der Waals surface area contributed by atoms with Crippen LogP contribution in [-0.2, 0) is 19.1 Å². The molecule has 0 radical (unpaired) electrons. The number of rotatable bonds is 9. The van der Waals surface area contributed by atoms with Crippen LogP contribution in [0.3, 0.4) is 0 Å². The van der Waals surface area contributed by atoms with E-state index in [2.05, 4.69) is 10.1 Å². The van der Waals surface area contributed by atoms with Crippen LogP contribution in [-0.4, -0.2) is 61.8 Å². The van der Waals surface area contributed by atoms with Gasteiger partial charge >= 0.3 is 5.97 Å². The molecule has 10 heteroatoms. The van der Waals surface area contributed by atoms with E-state index in [1.807, 2.05) is 13.8 Å². The Kier molecular flexibility index (Phi) is 8.28. The van der Waals surface area contributed by atoms with Crippen molar-refractivity contribution in [3.63, 3.8) is 0 Å². The zero-order valence-electron chi connectivity index (χ0n) is 17.2. The molecular weight excluding hydrogens is 412 g/mol. The summed E-state index contributed by atoms with van der Waals surface area (Å²) in [6.07, 6.45) is 1.53. The largest absolute Gasteiger partial charge is 0.493 e. The molecule has 1 aromatic rings. The van der Waals surface area contributed by atoms with Crippen molar-refractivity contribution in [2.24, 2.45) is 5.92 Å². The summed E-state index contributed by atoms with van der Waals surface area (Å²) in [6.45, 7) is 3.77. The van der Waals surface area contributed by atoms with Gasteiger partial charge in [0.05, 0.1) is 19.1 Å². The Bertz CT molecular complexity index is 867. The van der Waals surface area contributed by atoms with Gasteiger partial charge in [-0.05, 0) is 41.5 Å². The van der Waals surface area contributed by atoms with Gasteiger partial charge in [0.1, 0.15) is 6.54 Å². The average Bonchev–Trinajstić information content (AvgIpc) is 2.98. The molecule has 2 rings (SSSR count). The van der Waals surface area contributed by atoms with Crippen LogP contribution in [0.4, 0.5) is 4.79 Å². The van der Waals surface area contributed by atoms with E-state index in [0.717, 1.165) is 16.7 Å². The molecule has 30 heavy (non-hydrogen) atoms. The van der Waals surface area contributed by atoms with Gasteiger partial charge in [-0.15, -0.1) is 0 Å². The van der Waals surface area contributed by atoms with Crippen LogP contribution >= 0.6 is 11.8 Å². The minimum Gasteiger partial charge on any atom is -0.493 e. The maximum absolute atomic E-state index is 12.6. The summed E-state index contributed by atoms with van der Waals surface area (Å²) in [4.78, 5) is 49.0. The summed E-state index contributed by atoms with van der Waals surface area (Å²) in [5.41, 5.74) is 0.590. The summed E-state index contributed by atoms with van der Waals surface area (Å²) < 4.78 is 15.1. The van der Waals surface area contributed by atoms with Gasteiger partial charge in [0.25, 0.3) is 11.1 Å². The van der Waals surface area contributed by atoms with Gasteiger partial charge in [0.2, 0.25) is 5.91 Å². The molecule has 162 valence electrons. The number of amides is 3. The van der Waals surface area contributed by atoms with Crippen molar-refractivity contribution in [2.75, 3.05) is 33.9 Å². The minimum atomic E-state index is -0.535. The third-order valence-electron chi connectivity index (χ3n) is 3.94. The first-order valence-corrected chi connectivity index (χ1v) is 9.96. The number of imide groups is 1. The molecule has 0 spiro atoms. The minimum absolute atomic E-state index is 0.196. The number of benzene rings is 1. The number of hydrogen-bond acceptors (Lipinski definition) is 8. The van der Waals surface area contributed by atoms with E-state index >= 15 is 0 Å². The van der Waals surface area contributed by atoms with Gasteiger partial charge in [-0.1, -0.05) is 19.9 Å². The number of carbonyl (C=O) groups is 4. The molecule has 3 amide bonds. The molecule has 0 atom stereocenters. The van der Waals surface area contributed by atoms with Crippen molar-refractivity contribution in [1.82, 2.24) is 10.2 Å². The fraction of sp³-hybridized carbons (Fsp3) is 0.400. The number of nitrogens with zero attached hydrogens (tertiary/aromatic N) is 1. The summed E-state index contributed by atoms with van der Waals surface area (Å²) in [5.74, 6) is -0.517. The van der Waals surface area contributed by atoms with Gasteiger partial charge in [-0.25, -0.2) is 4.79 Å². The van der Waals surface area contributed by atoms with Gasteiger partial charge in [0.15, 0.2) is 18.1 Å². The van der Waals surface area contributed by atoms with Crippen LogP contribution in [0.1, 0.15) is 19.4 Å². The molecule has 0 aliphatic carbocycles. The lowest BCUT2D eigenvalue weighted by Gasteiger charge is -2.13. The van der Waals surface area contributed by atoms with E-state index in [-0.39, 0.29) is 29.9 Å². The van der Waals surface area contributed by atoms with Crippen molar-refractivity contribution in [1.29, 1.82) is 0 Å². The number of nitrogens with one attached hydrogen (secondary N) is 1. The second kappa shape index (κ2) is 10.7. The third kappa shape index (κ3) is 6.24. The molecule has 1 aromatic carbocycles. The van der Waals surface area contributed by atoms with Gasteiger partial charge in [-0.2, -0.15) is 0 Å². The normalized spacial score (nSPS) is 15.0. The third-order valence-corrected chi connectivity index (χ3v) is 4.85. The van der Waals surface area contributed by atoms with Gasteiger partial charge in [0, 0.05) is 6.54 Å². The molecule has 0 aromatic heterocycles. The SMILES string of the molecule is COC(=O)COc1ccc(/C=C2\SC(=O)N(CC(=O)NCC(C)C)C2=O)cc1OC. The zero-order valence-corrected chi connectivity index (χ0v) is 18.0. The van der Waals surface area contributed by atoms with Crippen molar-refractivity contribution < 1.29 is 33.4 Å². The van der Waals surface area contributed by atoms with Crippen molar-refractivity contribution in [2.45, 2.75) is 13.8 Å². The van der Waals surface area contributed by atoms with Crippen LogP contribution in [0.15, 0.2) is 23.1 Å². The number of ether oxygens (including phenoxy) is 3. The highest BCUT2D eigenvalue weighted by Gasteiger charge is 2.36.